The van der Waals surface area contributed by atoms with Crippen molar-refractivity contribution in [1.82, 2.24) is 25.2 Å². The molecular formula is C19H19N7O3. The Morgan fingerprint density at radius 3 is 2.52 bits per heavy atom. The lowest BCUT2D eigenvalue weighted by Crippen LogP contribution is -2.40. The summed E-state index contributed by atoms with van der Waals surface area (Å²) in [6, 6.07) is 8.92. The fraction of sp³-hybridized carbons (Fsp3) is 0.263. The minimum atomic E-state index is -0.965. The number of hydrogen-bond acceptors (Lipinski definition) is 7. The van der Waals surface area contributed by atoms with Crippen molar-refractivity contribution in [3.8, 4) is 22.6 Å². The summed E-state index contributed by atoms with van der Waals surface area (Å²) < 4.78 is 5.11. The van der Waals surface area contributed by atoms with Crippen LogP contribution in [-0.4, -0.2) is 49.3 Å². The Hall–Kier alpha value is -3.82. The van der Waals surface area contributed by atoms with E-state index in [0.717, 1.165) is 16.7 Å². The number of aromatic nitrogens is 5. The molecule has 10 heteroatoms. The number of pyridine rings is 1. The molecule has 1 unspecified atom stereocenters. The van der Waals surface area contributed by atoms with E-state index in [0.29, 0.717) is 17.2 Å². The van der Waals surface area contributed by atoms with Gasteiger partial charge in [-0.25, -0.2) is 4.79 Å². The van der Waals surface area contributed by atoms with E-state index in [1.807, 2.05) is 37.3 Å². The molecular weight excluding hydrogens is 374 g/mol. The first-order chi connectivity index (χ1) is 13.8. The number of hydrogen-bond donors (Lipinski definition) is 1. The van der Waals surface area contributed by atoms with Crippen LogP contribution in [0, 0.1) is 6.92 Å². The average molecular weight is 393 g/mol. The van der Waals surface area contributed by atoms with Crippen molar-refractivity contribution in [2.24, 2.45) is 12.8 Å². The highest BCUT2D eigenvalue weighted by Crippen LogP contribution is 2.32. The summed E-state index contributed by atoms with van der Waals surface area (Å²) in [6.45, 7) is 3.62. The van der Waals surface area contributed by atoms with Crippen molar-refractivity contribution in [3.63, 3.8) is 0 Å². The molecule has 1 saturated heterocycles. The molecule has 3 heterocycles. The van der Waals surface area contributed by atoms with Gasteiger partial charge < -0.3 is 10.5 Å². The number of nitrogens with zero attached hydrogens (tertiary/aromatic N) is 6. The third kappa shape index (κ3) is 3.28. The maximum Gasteiger partial charge on any atom is 0.415 e. The van der Waals surface area contributed by atoms with Crippen LogP contribution in [0.2, 0.25) is 0 Å². The highest BCUT2D eigenvalue weighted by Gasteiger charge is 2.43. The molecule has 0 spiro atoms. The van der Waals surface area contributed by atoms with Gasteiger partial charge in [0, 0.05) is 11.8 Å². The van der Waals surface area contributed by atoms with Crippen LogP contribution in [0.25, 0.3) is 22.6 Å². The van der Waals surface area contributed by atoms with Gasteiger partial charge in [-0.15, -0.1) is 10.2 Å². The zero-order chi connectivity index (χ0) is 20.7. The zero-order valence-electron chi connectivity index (χ0n) is 16.1. The summed E-state index contributed by atoms with van der Waals surface area (Å²) in [5.41, 5.74) is 9.31. The van der Waals surface area contributed by atoms with Crippen LogP contribution in [0.1, 0.15) is 12.5 Å². The van der Waals surface area contributed by atoms with Crippen molar-refractivity contribution in [2.45, 2.75) is 26.0 Å². The molecule has 0 aliphatic carbocycles. The number of anilines is 1. The van der Waals surface area contributed by atoms with Gasteiger partial charge in [0.2, 0.25) is 11.9 Å². The SMILES string of the molecule is Cc1cc(-c2ccc(-c3nnn(C)n3)nc2)ccc1N1C(=O)OC(C(N)=O)[C@@H]1C. The number of carbonyl (C=O) groups excluding carboxylic acids is 2. The van der Waals surface area contributed by atoms with Crippen LogP contribution in [0.15, 0.2) is 36.5 Å². The lowest BCUT2D eigenvalue weighted by atomic mass is 10.0. The molecule has 1 aliphatic rings. The van der Waals surface area contributed by atoms with Gasteiger partial charge in [0.05, 0.1) is 18.8 Å². The number of benzene rings is 1. The first-order valence-corrected chi connectivity index (χ1v) is 8.96. The van der Waals surface area contributed by atoms with Crippen LogP contribution < -0.4 is 10.6 Å². The molecule has 4 rings (SSSR count). The van der Waals surface area contributed by atoms with Gasteiger partial charge in [0.1, 0.15) is 5.69 Å². The Kier molecular flexibility index (Phi) is 4.45. The molecule has 0 bridgehead atoms. The third-order valence-electron chi connectivity index (χ3n) is 4.84. The normalized spacial score (nSPS) is 18.7. The quantitative estimate of drug-likeness (QED) is 0.710. The molecule has 10 nitrogen and oxygen atoms in total. The van der Waals surface area contributed by atoms with Crippen LogP contribution in [0.5, 0.6) is 0 Å². The highest BCUT2D eigenvalue weighted by molar-refractivity contribution is 5.97. The standard InChI is InChI=1S/C19H19N7O3/c1-10-8-12(13-4-6-14(21-9-13)18-22-24-25(3)23-18)5-7-15(10)26-11(2)16(17(20)27)29-19(26)28/h4-9,11,16H,1-3H3,(H2,20,27)/t11-,16?/m0/s1. The number of rotatable bonds is 4. The molecule has 29 heavy (non-hydrogen) atoms. The molecule has 0 radical (unpaired) electrons. The summed E-state index contributed by atoms with van der Waals surface area (Å²) in [4.78, 5) is 31.0. The first kappa shape index (κ1) is 18.5. The van der Waals surface area contributed by atoms with Gasteiger partial charge in [0.25, 0.3) is 5.91 Å². The van der Waals surface area contributed by atoms with E-state index in [1.165, 1.54) is 9.70 Å². The van der Waals surface area contributed by atoms with Crippen molar-refractivity contribution in [2.75, 3.05) is 4.90 Å². The largest absolute Gasteiger partial charge is 0.433 e. The minimum Gasteiger partial charge on any atom is -0.433 e. The van der Waals surface area contributed by atoms with Gasteiger partial charge in [-0.3, -0.25) is 14.7 Å². The number of aryl methyl sites for hydroxylation is 2. The molecule has 2 aromatic heterocycles. The van der Waals surface area contributed by atoms with Crippen LogP contribution in [0.3, 0.4) is 0 Å². The Labute approximate surface area is 166 Å². The second kappa shape index (κ2) is 6.97. The number of tetrazole rings is 1. The van der Waals surface area contributed by atoms with E-state index in [9.17, 15) is 9.59 Å². The Balaban J connectivity index is 1.61. The number of cyclic esters (lactones) is 1. The summed E-state index contributed by atoms with van der Waals surface area (Å²) in [6.07, 6.45) is 0.184. The van der Waals surface area contributed by atoms with Crippen molar-refractivity contribution >= 4 is 17.7 Å². The number of primary amides is 1. The topological polar surface area (TPSA) is 129 Å². The summed E-state index contributed by atoms with van der Waals surface area (Å²) in [7, 11) is 1.69. The highest BCUT2D eigenvalue weighted by atomic mass is 16.6. The lowest BCUT2D eigenvalue weighted by Gasteiger charge is -2.22. The molecule has 1 aromatic carbocycles. The van der Waals surface area contributed by atoms with Crippen molar-refractivity contribution in [1.29, 1.82) is 0 Å². The van der Waals surface area contributed by atoms with Crippen molar-refractivity contribution in [3.05, 3.63) is 42.1 Å². The summed E-state index contributed by atoms with van der Waals surface area (Å²) in [5.74, 6) is -0.206. The van der Waals surface area contributed by atoms with Gasteiger partial charge in [-0.2, -0.15) is 4.80 Å². The number of carbonyl (C=O) groups is 2. The first-order valence-electron chi connectivity index (χ1n) is 8.96. The Bertz CT molecular complexity index is 1090. The molecule has 1 aliphatic heterocycles. The lowest BCUT2D eigenvalue weighted by molar-refractivity contribution is -0.125. The fourth-order valence-corrected chi connectivity index (χ4v) is 3.37. The van der Waals surface area contributed by atoms with Gasteiger partial charge >= 0.3 is 6.09 Å². The smallest absolute Gasteiger partial charge is 0.415 e. The molecule has 2 amide bonds. The van der Waals surface area contributed by atoms with Crippen LogP contribution >= 0.6 is 0 Å². The predicted molar refractivity (Wildman–Crippen MR) is 104 cm³/mol. The molecule has 148 valence electrons. The van der Waals surface area contributed by atoms with Gasteiger partial charge in [-0.1, -0.05) is 12.1 Å². The maximum absolute atomic E-state index is 12.2. The summed E-state index contributed by atoms with van der Waals surface area (Å²) in [5, 5.41) is 11.9. The van der Waals surface area contributed by atoms with E-state index in [4.69, 9.17) is 10.5 Å². The second-order valence-electron chi connectivity index (χ2n) is 6.85. The Morgan fingerprint density at radius 1 is 1.21 bits per heavy atom. The van der Waals surface area contributed by atoms with Crippen molar-refractivity contribution < 1.29 is 14.3 Å². The monoisotopic (exact) mass is 393 g/mol. The van der Waals surface area contributed by atoms with Gasteiger partial charge in [0.15, 0.2) is 0 Å². The van der Waals surface area contributed by atoms with Gasteiger partial charge in [-0.05, 0) is 48.4 Å². The van der Waals surface area contributed by atoms with E-state index < -0.39 is 24.1 Å². The molecule has 0 saturated carbocycles. The minimum absolute atomic E-state index is 0.455. The zero-order valence-corrected chi connectivity index (χ0v) is 16.1. The van der Waals surface area contributed by atoms with Crippen LogP contribution in [0.4, 0.5) is 10.5 Å². The number of amides is 2. The molecule has 2 N–H and O–H groups in total. The molecule has 3 aromatic rings. The van der Waals surface area contributed by atoms with E-state index in [1.54, 1.807) is 20.2 Å². The number of nitrogens with two attached hydrogens (primary N) is 1. The fourth-order valence-electron chi connectivity index (χ4n) is 3.37. The second-order valence-corrected chi connectivity index (χ2v) is 6.85. The summed E-state index contributed by atoms with van der Waals surface area (Å²) >= 11 is 0. The predicted octanol–water partition coefficient (Wildman–Crippen LogP) is 1.45. The maximum atomic E-state index is 12.2. The van der Waals surface area contributed by atoms with E-state index in [2.05, 4.69) is 20.4 Å². The Morgan fingerprint density at radius 2 is 1.97 bits per heavy atom. The average Bonchev–Trinajstić information content (AvgIpc) is 3.25. The van der Waals surface area contributed by atoms with Crippen LogP contribution in [-0.2, 0) is 16.6 Å². The molecule has 2 atom stereocenters. The van der Waals surface area contributed by atoms with E-state index >= 15 is 0 Å². The number of ether oxygens (including phenoxy) is 1. The third-order valence-corrected chi connectivity index (χ3v) is 4.84. The van der Waals surface area contributed by atoms with E-state index in [-0.39, 0.29) is 0 Å². The molecule has 1 fully saturated rings.